The molecule has 0 fully saturated rings. The minimum absolute atomic E-state index is 0. The van der Waals surface area contributed by atoms with Gasteiger partial charge in [-0.3, -0.25) is 4.79 Å². The Bertz CT molecular complexity index is 203. The summed E-state index contributed by atoms with van der Waals surface area (Å²) in [5.41, 5.74) is -0.0556. The standard InChI is InChI=1S/C7H10O4.Li.H/c1-2-3-5(7(10)11)4-6(8)9;;/h3H,2,4H2,1H3,(H,8,9)(H,10,11);;/q;+1;-1. The average molecular weight is 166 g/mol. The zero-order chi connectivity index (χ0) is 8.85. The minimum Gasteiger partial charge on any atom is -1.00 e. The van der Waals surface area contributed by atoms with Crippen molar-refractivity contribution in [2.24, 2.45) is 0 Å². The van der Waals surface area contributed by atoms with Crippen LogP contribution in [0.15, 0.2) is 11.6 Å². The molecule has 0 bridgehead atoms. The van der Waals surface area contributed by atoms with Crippen molar-refractivity contribution in [2.75, 3.05) is 0 Å². The monoisotopic (exact) mass is 166 g/mol. The van der Waals surface area contributed by atoms with Gasteiger partial charge in [0.2, 0.25) is 0 Å². The zero-order valence-corrected chi connectivity index (χ0v) is 7.20. The summed E-state index contributed by atoms with van der Waals surface area (Å²) < 4.78 is 0. The molecule has 0 unspecified atom stereocenters. The Morgan fingerprint density at radius 1 is 1.42 bits per heavy atom. The Labute approximate surface area is 83.9 Å². The molecule has 0 aromatic heterocycles. The van der Waals surface area contributed by atoms with E-state index >= 15 is 0 Å². The van der Waals surface area contributed by atoms with Gasteiger partial charge in [0.25, 0.3) is 0 Å². The number of carbonyl (C=O) groups is 2. The fraction of sp³-hybridized carbons (Fsp3) is 0.429. The zero-order valence-electron chi connectivity index (χ0n) is 8.20. The largest absolute Gasteiger partial charge is 1.00 e. The number of carboxylic acid groups (broad SMARTS) is 2. The van der Waals surface area contributed by atoms with E-state index in [4.69, 9.17) is 10.2 Å². The van der Waals surface area contributed by atoms with Crippen LogP contribution in [0.3, 0.4) is 0 Å². The van der Waals surface area contributed by atoms with Gasteiger partial charge >= 0.3 is 30.8 Å². The van der Waals surface area contributed by atoms with E-state index in [1.165, 1.54) is 6.08 Å². The molecule has 0 saturated heterocycles. The van der Waals surface area contributed by atoms with Crippen molar-refractivity contribution in [3.63, 3.8) is 0 Å². The molecule has 0 aliphatic heterocycles. The molecule has 0 radical (unpaired) electrons. The van der Waals surface area contributed by atoms with Crippen LogP contribution in [0, 0.1) is 0 Å². The smallest absolute Gasteiger partial charge is 1.00 e. The molecule has 0 aromatic rings. The van der Waals surface area contributed by atoms with E-state index in [-0.39, 0.29) is 25.9 Å². The number of rotatable bonds is 4. The number of allylic oxidation sites excluding steroid dienone is 1. The molecule has 0 aromatic carbocycles. The maximum Gasteiger partial charge on any atom is 1.00 e. The van der Waals surface area contributed by atoms with Gasteiger partial charge in [-0.05, 0) is 6.42 Å². The van der Waals surface area contributed by atoms with Gasteiger partial charge < -0.3 is 11.6 Å². The Morgan fingerprint density at radius 3 is 2.17 bits per heavy atom. The van der Waals surface area contributed by atoms with Gasteiger partial charge in [0.1, 0.15) is 0 Å². The van der Waals surface area contributed by atoms with Crippen molar-refractivity contribution in [3.8, 4) is 0 Å². The molecule has 0 aliphatic rings. The molecule has 4 nitrogen and oxygen atoms in total. The first-order valence-electron chi connectivity index (χ1n) is 3.22. The van der Waals surface area contributed by atoms with Gasteiger partial charge in [-0.2, -0.15) is 0 Å². The summed E-state index contributed by atoms with van der Waals surface area (Å²) in [5, 5.41) is 16.7. The van der Waals surface area contributed by atoms with Crippen molar-refractivity contribution in [1.82, 2.24) is 0 Å². The second-order valence-electron chi connectivity index (χ2n) is 2.01. The van der Waals surface area contributed by atoms with Gasteiger partial charge in [-0.25, -0.2) is 4.79 Å². The third-order valence-corrected chi connectivity index (χ3v) is 1.07. The molecule has 5 heteroatoms. The topological polar surface area (TPSA) is 74.6 Å². The van der Waals surface area contributed by atoms with Crippen LogP contribution >= 0.6 is 0 Å². The average Bonchev–Trinajstić information content (AvgIpc) is 1.86. The van der Waals surface area contributed by atoms with Crippen LogP contribution in [0.2, 0.25) is 0 Å². The predicted molar refractivity (Wildman–Crippen MR) is 39.4 cm³/mol. The number of hydrogen-bond acceptors (Lipinski definition) is 2. The number of hydrogen-bond donors (Lipinski definition) is 2. The molecular formula is C7H11LiO4. The van der Waals surface area contributed by atoms with E-state index < -0.39 is 18.4 Å². The summed E-state index contributed by atoms with van der Waals surface area (Å²) in [5.74, 6) is -2.28. The van der Waals surface area contributed by atoms with E-state index in [0.717, 1.165) is 0 Å². The minimum atomic E-state index is -1.16. The van der Waals surface area contributed by atoms with Crippen LogP contribution in [0.4, 0.5) is 0 Å². The number of carboxylic acids is 2. The molecule has 0 atom stereocenters. The quantitative estimate of drug-likeness (QED) is 0.374. The second-order valence-corrected chi connectivity index (χ2v) is 2.01. The molecule has 0 amide bonds. The molecule has 0 rings (SSSR count). The van der Waals surface area contributed by atoms with E-state index in [2.05, 4.69) is 0 Å². The first-order valence-corrected chi connectivity index (χ1v) is 3.22. The van der Waals surface area contributed by atoms with Gasteiger partial charge in [-0.15, -0.1) is 0 Å². The Kier molecular flexibility index (Phi) is 8.02. The van der Waals surface area contributed by atoms with Crippen molar-refractivity contribution in [1.29, 1.82) is 0 Å². The summed E-state index contributed by atoms with van der Waals surface area (Å²) >= 11 is 0. The summed E-state index contributed by atoms with van der Waals surface area (Å²) in [4.78, 5) is 20.4. The van der Waals surface area contributed by atoms with Gasteiger partial charge in [0.15, 0.2) is 0 Å². The van der Waals surface area contributed by atoms with Gasteiger partial charge in [0.05, 0.1) is 6.42 Å². The van der Waals surface area contributed by atoms with E-state index in [0.29, 0.717) is 6.42 Å². The molecule has 2 N–H and O–H groups in total. The van der Waals surface area contributed by atoms with Crippen molar-refractivity contribution < 1.29 is 40.1 Å². The van der Waals surface area contributed by atoms with E-state index in [9.17, 15) is 9.59 Å². The third kappa shape index (κ3) is 6.02. The summed E-state index contributed by atoms with van der Waals surface area (Å²) in [6.45, 7) is 1.75. The van der Waals surface area contributed by atoms with Crippen LogP contribution in [0.5, 0.6) is 0 Å². The van der Waals surface area contributed by atoms with Crippen LogP contribution in [-0.4, -0.2) is 22.2 Å². The van der Waals surface area contributed by atoms with Crippen LogP contribution < -0.4 is 18.9 Å². The normalized spacial score (nSPS) is 10.2. The summed E-state index contributed by atoms with van der Waals surface area (Å²) in [6.07, 6.45) is 1.52. The molecule has 12 heavy (non-hydrogen) atoms. The third-order valence-electron chi connectivity index (χ3n) is 1.07. The second kappa shape index (κ2) is 6.96. The molecule has 0 heterocycles. The number of aliphatic carboxylic acids is 2. The maximum absolute atomic E-state index is 10.3. The van der Waals surface area contributed by atoms with Gasteiger partial charge in [-0.1, -0.05) is 13.0 Å². The van der Waals surface area contributed by atoms with Crippen LogP contribution in [0.1, 0.15) is 21.2 Å². The van der Waals surface area contributed by atoms with Crippen molar-refractivity contribution in [2.45, 2.75) is 19.8 Å². The summed E-state index contributed by atoms with van der Waals surface area (Å²) in [6, 6.07) is 0. The first-order chi connectivity index (χ1) is 5.07. The SMILES string of the molecule is CCC=C(CC(=O)O)C(=O)O.[H-].[Li+]. The van der Waals surface area contributed by atoms with E-state index in [1.807, 2.05) is 0 Å². The fourth-order valence-corrected chi connectivity index (χ4v) is 0.644. The Balaban J connectivity index is -0.000000500. The molecule has 0 spiro atoms. The van der Waals surface area contributed by atoms with Gasteiger partial charge in [0, 0.05) is 5.57 Å². The predicted octanol–water partition coefficient (Wildman–Crippen LogP) is -2.00. The molecule has 0 saturated carbocycles. The van der Waals surface area contributed by atoms with Crippen LogP contribution in [-0.2, 0) is 9.59 Å². The molecular weight excluding hydrogens is 155 g/mol. The van der Waals surface area contributed by atoms with Crippen LogP contribution in [0.25, 0.3) is 0 Å². The molecule has 0 aliphatic carbocycles. The first kappa shape index (κ1) is 13.8. The van der Waals surface area contributed by atoms with Crippen molar-refractivity contribution >= 4 is 11.9 Å². The van der Waals surface area contributed by atoms with E-state index in [1.54, 1.807) is 6.92 Å². The Morgan fingerprint density at radius 2 is 1.92 bits per heavy atom. The summed E-state index contributed by atoms with van der Waals surface area (Å²) in [7, 11) is 0. The van der Waals surface area contributed by atoms with Crippen molar-refractivity contribution in [3.05, 3.63) is 11.6 Å². The Hall–Kier alpha value is -0.723. The fourth-order valence-electron chi connectivity index (χ4n) is 0.644. The maximum atomic E-state index is 10.3. The molecule has 64 valence electrons.